The molecule has 1 amide bonds. The maximum atomic E-state index is 11.9. The molecule has 4 nitrogen and oxygen atoms in total. The summed E-state index contributed by atoms with van der Waals surface area (Å²) in [5, 5.41) is 0. The van der Waals surface area contributed by atoms with Crippen LogP contribution in [0, 0.1) is 0 Å². The molecule has 1 aromatic carbocycles. The maximum Gasteiger partial charge on any atom is 0.437 e. The Balaban J connectivity index is 2.64. The highest BCUT2D eigenvalue weighted by atomic mass is 16.6. The molecule has 0 saturated heterocycles. The highest BCUT2D eigenvalue weighted by Gasteiger charge is 2.08. The van der Waals surface area contributed by atoms with Crippen LogP contribution in [0.15, 0.2) is 59.6 Å². The Labute approximate surface area is 144 Å². The molecule has 0 unspecified atom stereocenters. The van der Waals surface area contributed by atoms with Crippen LogP contribution in [0.1, 0.15) is 45.1 Å². The second kappa shape index (κ2) is 13.1. The summed E-state index contributed by atoms with van der Waals surface area (Å²) in [5.74, 6) is 0.277. The van der Waals surface area contributed by atoms with Gasteiger partial charge in [0.05, 0.1) is 0 Å². The van der Waals surface area contributed by atoms with Gasteiger partial charge in [-0.25, -0.2) is 4.79 Å². The first-order chi connectivity index (χ1) is 11.8. The average molecular weight is 329 g/mol. The zero-order chi connectivity index (χ0) is 17.5. The van der Waals surface area contributed by atoms with Crippen molar-refractivity contribution >= 4 is 12.0 Å². The Hall–Kier alpha value is -2.36. The van der Waals surface area contributed by atoms with E-state index in [0.717, 1.165) is 31.2 Å². The first-order valence-corrected chi connectivity index (χ1v) is 8.51. The van der Waals surface area contributed by atoms with E-state index in [4.69, 9.17) is 9.47 Å². The Morgan fingerprint density at radius 3 is 2.08 bits per heavy atom. The number of aliphatic imine (C=N–C) groups is 1. The smallest absolute Gasteiger partial charge is 0.437 e. The number of unbranched alkanes of at least 4 members (excludes halogenated alkanes) is 2. The molecule has 0 aromatic heterocycles. The summed E-state index contributed by atoms with van der Waals surface area (Å²) in [6, 6.07) is 9.35. The largest absolute Gasteiger partial charge is 0.473 e. The number of benzene rings is 1. The van der Waals surface area contributed by atoms with E-state index < -0.39 is 6.09 Å². The Morgan fingerprint density at radius 2 is 1.50 bits per heavy atom. The highest BCUT2D eigenvalue weighted by molar-refractivity contribution is 6.00. The number of rotatable bonds is 9. The Bertz CT molecular complexity index is 547. The summed E-state index contributed by atoms with van der Waals surface area (Å²) in [6.45, 7) is 4.81. The number of carbonyl (C=O) groups is 1. The molecular formula is C20H27NO3. The van der Waals surface area contributed by atoms with Crippen molar-refractivity contribution in [2.24, 2.45) is 4.99 Å². The van der Waals surface area contributed by atoms with Gasteiger partial charge in [-0.1, -0.05) is 69.2 Å². The lowest BCUT2D eigenvalue weighted by molar-refractivity contribution is 0.168. The van der Waals surface area contributed by atoms with Gasteiger partial charge in [0.15, 0.2) is 0 Å². The summed E-state index contributed by atoms with van der Waals surface area (Å²) in [7, 11) is 0. The number of hydrogen-bond donors (Lipinski definition) is 0. The van der Waals surface area contributed by atoms with Crippen LogP contribution >= 0.6 is 0 Å². The van der Waals surface area contributed by atoms with E-state index in [1.165, 1.54) is 0 Å². The Kier molecular flexibility index (Phi) is 10.8. The fourth-order valence-corrected chi connectivity index (χ4v) is 1.83. The molecule has 0 aliphatic carbocycles. The minimum atomic E-state index is -0.646. The maximum absolute atomic E-state index is 11.9. The van der Waals surface area contributed by atoms with E-state index in [2.05, 4.69) is 24.9 Å². The molecule has 0 bridgehead atoms. The van der Waals surface area contributed by atoms with Gasteiger partial charge in [0.1, 0.15) is 13.2 Å². The number of hydrogen-bond acceptors (Lipinski definition) is 3. The molecule has 0 radical (unpaired) electrons. The van der Waals surface area contributed by atoms with Crippen molar-refractivity contribution in [1.82, 2.24) is 0 Å². The van der Waals surface area contributed by atoms with Crippen LogP contribution in [0.4, 0.5) is 4.79 Å². The quantitative estimate of drug-likeness (QED) is 0.351. The molecule has 0 spiro atoms. The van der Waals surface area contributed by atoms with Crippen LogP contribution in [0.25, 0.3) is 0 Å². The van der Waals surface area contributed by atoms with E-state index in [-0.39, 0.29) is 12.5 Å². The highest BCUT2D eigenvalue weighted by Crippen LogP contribution is 2.04. The van der Waals surface area contributed by atoms with E-state index in [9.17, 15) is 4.79 Å². The minimum Gasteiger partial charge on any atom is -0.473 e. The fourth-order valence-electron chi connectivity index (χ4n) is 1.83. The van der Waals surface area contributed by atoms with Crippen molar-refractivity contribution in [3.05, 3.63) is 60.2 Å². The zero-order valence-electron chi connectivity index (χ0n) is 14.6. The van der Waals surface area contributed by atoms with Crippen LogP contribution in [0.2, 0.25) is 0 Å². The lowest BCUT2D eigenvalue weighted by atomic mass is 10.2. The topological polar surface area (TPSA) is 47.9 Å². The molecule has 0 heterocycles. The van der Waals surface area contributed by atoms with Gasteiger partial charge in [0, 0.05) is 5.56 Å². The van der Waals surface area contributed by atoms with Gasteiger partial charge in [0.25, 0.3) is 0 Å². The molecule has 0 fully saturated rings. The van der Waals surface area contributed by atoms with Gasteiger partial charge in [-0.3, -0.25) is 0 Å². The average Bonchev–Trinajstić information content (AvgIpc) is 2.61. The van der Waals surface area contributed by atoms with Gasteiger partial charge >= 0.3 is 6.09 Å². The molecule has 0 saturated carbocycles. The van der Waals surface area contributed by atoms with Gasteiger partial charge in [-0.15, -0.1) is 4.99 Å². The standard InChI is InChI=1S/C20H27NO3/c1-3-5-7-12-16-23-19(18-14-10-9-11-15-18)21-20(22)24-17-13-8-6-4-2/h7-15H,3-6,16-17H2,1-2H3/b12-7+,13-8+,21-19-. The van der Waals surface area contributed by atoms with Crippen molar-refractivity contribution in [3.63, 3.8) is 0 Å². The molecule has 0 aliphatic rings. The summed E-state index contributed by atoms with van der Waals surface area (Å²) in [6.07, 6.45) is 11.3. The van der Waals surface area contributed by atoms with Crippen LogP contribution in [-0.2, 0) is 9.47 Å². The molecule has 24 heavy (non-hydrogen) atoms. The summed E-state index contributed by atoms with van der Waals surface area (Å²) in [4.78, 5) is 15.8. The van der Waals surface area contributed by atoms with Crippen LogP contribution in [-0.4, -0.2) is 25.2 Å². The molecule has 130 valence electrons. The third-order valence-electron chi connectivity index (χ3n) is 3.08. The fraction of sp³-hybridized carbons (Fsp3) is 0.400. The van der Waals surface area contributed by atoms with Gasteiger partial charge in [-0.05, 0) is 25.0 Å². The van der Waals surface area contributed by atoms with Crippen molar-refractivity contribution < 1.29 is 14.3 Å². The SMILES string of the molecule is CCC/C=C/COC(=O)/N=C(\OC/C=C/CCC)c1ccccc1. The van der Waals surface area contributed by atoms with Crippen molar-refractivity contribution in [2.45, 2.75) is 39.5 Å². The molecule has 0 aliphatic heterocycles. The lowest BCUT2D eigenvalue weighted by Crippen LogP contribution is -2.11. The number of carbonyl (C=O) groups excluding carboxylic acids is 1. The summed E-state index contributed by atoms with van der Waals surface area (Å²) >= 11 is 0. The molecule has 0 N–H and O–H groups in total. The number of nitrogens with zero attached hydrogens (tertiary/aromatic N) is 1. The first kappa shape index (κ1) is 19.7. The number of allylic oxidation sites excluding steroid dienone is 2. The van der Waals surface area contributed by atoms with E-state index >= 15 is 0 Å². The Morgan fingerprint density at radius 1 is 0.917 bits per heavy atom. The van der Waals surface area contributed by atoms with E-state index in [1.807, 2.05) is 48.6 Å². The predicted octanol–water partition coefficient (Wildman–Crippen LogP) is 5.30. The van der Waals surface area contributed by atoms with E-state index in [0.29, 0.717) is 6.61 Å². The summed E-state index contributed by atoms with van der Waals surface area (Å²) in [5.41, 5.74) is 0.750. The molecule has 1 aromatic rings. The van der Waals surface area contributed by atoms with Crippen LogP contribution < -0.4 is 0 Å². The second-order valence-corrected chi connectivity index (χ2v) is 5.19. The second-order valence-electron chi connectivity index (χ2n) is 5.19. The van der Waals surface area contributed by atoms with Crippen LogP contribution in [0.5, 0.6) is 0 Å². The van der Waals surface area contributed by atoms with Crippen molar-refractivity contribution in [2.75, 3.05) is 13.2 Å². The number of amides is 1. The third-order valence-corrected chi connectivity index (χ3v) is 3.08. The first-order valence-electron chi connectivity index (χ1n) is 8.51. The van der Waals surface area contributed by atoms with Gasteiger partial charge in [0.2, 0.25) is 5.90 Å². The van der Waals surface area contributed by atoms with E-state index in [1.54, 1.807) is 0 Å². The predicted molar refractivity (Wildman–Crippen MR) is 98.4 cm³/mol. The monoisotopic (exact) mass is 329 g/mol. The third kappa shape index (κ3) is 8.93. The minimum absolute atomic E-state index is 0.223. The lowest BCUT2D eigenvalue weighted by Gasteiger charge is -2.07. The van der Waals surface area contributed by atoms with Crippen molar-refractivity contribution in [1.29, 1.82) is 0 Å². The molecular weight excluding hydrogens is 302 g/mol. The van der Waals surface area contributed by atoms with Gasteiger partial charge in [-0.2, -0.15) is 0 Å². The number of ether oxygens (including phenoxy) is 2. The molecule has 0 atom stereocenters. The normalized spacial score (nSPS) is 12.0. The van der Waals surface area contributed by atoms with Gasteiger partial charge < -0.3 is 9.47 Å². The van der Waals surface area contributed by atoms with Crippen molar-refractivity contribution in [3.8, 4) is 0 Å². The van der Waals surface area contributed by atoms with Crippen LogP contribution in [0.3, 0.4) is 0 Å². The molecule has 4 heteroatoms. The summed E-state index contributed by atoms with van der Waals surface area (Å²) < 4.78 is 10.7. The molecule has 1 rings (SSSR count). The zero-order valence-corrected chi connectivity index (χ0v) is 14.6.